The highest BCUT2D eigenvalue weighted by Gasteiger charge is 2.13. The van der Waals surface area contributed by atoms with E-state index >= 15 is 0 Å². The highest BCUT2D eigenvalue weighted by Crippen LogP contribution is 2.29. The Morgan fingerprint density at radius 1 is 1.26 bits per heavy atom. The fraction of sp³-hybridized carbons (Fsp3) is 0.0714. The minimum absolute atomic E-state index is 0.0957. The van der Waals surface area contributed by atoms with E-state index in [4.69, 9.17) is 28.6 Å². The standard InChI is InChI=1S/C14H11ClFN3O3S/c1-22-13-7-9(19(20)21)3-5-12(13)18-14(23)17-11-4-2-8(15)6-10(11)16/h2-7H,1H3,(H2,17,18,23). The van der Waals surface area contributed by atoms with E-state index in [2.05, 4.69) is 10.6 Å². The van der Waals surface area contributed by atoms with Gasteiger partial charge in [-0.05, 0) is 36.5 Å². The molecule has 0 unspecified atom stereocenters. The Morgan fingerprint density at radius 3 is 2.52 bits per heavy atom. The van der Waals surface area contributed by atoms with Gasteiger partial charge in [-0.2, -0.15) is 0 Å². The molecule has 2 N–H and O–H groups in total. The van der Waals surface area contributed by atoms with Gasteiger partial charge in [0.15, 0.2) is 5.11 Å². The number of halogens is 2. The number of thiocarbonyl (C=S) groups is 1. The van der Waals surface area contributed by atoms with Crippen LogP contribution in [0, 0.1) is 15.9 Å². The van der Waals surface area contributed by atoms with Crippen LogP contribution in [0.4, 0.5) is 21.5 Å². The maximum atomic E-state index is 13.7. The molecular weight excluding hydrogens is 345 g/mol. The summed E-state index contributed by atoms with van der Waals surface area (Å²) in [6.07, 6.45) is 0. The second-order valence-corrected chi connectivity index (χ2v) is 5.19. The van der Waals surface area contributed by atoms with Crippen LogP contribution in [-0.4, -0.2) is 17.1 Å². The molecule has 2 aromatic rings. The highest BCUT2D eigenvalue weighted by molar-refractivity contribution is 7.80. The van der Waals surface area contributed by atoms with Crippen molar-refractivity contribution in [2.75, 3.05) is 17.7 Å². The second kappa shape index (κ2) is 7.21. The van der Waals surface area contributed by atoms with Crippen LogP contribution < -0.4 is 15.4 Å². The Bertz CT molecular complexity index is 773. The quantitative estimate of drug-likeness (QED) is 0.486. The number of nitrogens with zero attached hydrogens (tertiary/aromatic N) is 1. The number of hydrogen-bond acceptors (Lipinski definition) is 4. The molecule has 6 nitrogen and oxygen atoms in total. The van der Waals surface area contributed by atoms with Gasteiger partial charge < -0.3 is 15.4 Å². The first-order valence-corrected chi connectivity index (χ1v) is 7.05. The summed E-state index contributed by atoms with van der Waals surface area (Å²) in [6, 6.07) is 8.12. The van der Waals surface area contributed by atoms with Gasteiger partial charge >= 0.3 is 0 Å². The van der Waals surface area contributed by atoms with Crippen molar-refractivity contribution in [3.8, 4) is 5.75 Å². The van der Waals surface area contributed by atoms with Crippen LogP contribution in [0.1, 0.15) is 0 Å². The number of hydrogen-bond donors (Lipinski definition) is 2. The van der Waals surface area contributed by atoms with Crippen molar-refractivity contribution in [1.29, 1.82) is 0 Å². The van der Waals surface area contributed by atoms with Gasteiger partial charge in [0.2, 0.25) is 0 Å². The van der Waals surface area contributed by atoms with Crippen LogP contribution in [0.3, 0.4) is 0 Å². The number of nitro benzene ring substituents is 1. The van der Waals surface area contributed by atoms with E-state index in [1.165, 1.54) is 37.4 Å². The van der Waals surface area contributed by atoms with Gasteiger partial charge in [-0.15, -0.1) is 0 Å². The van der Waals surface area contributed by atoms with Gasteiger partial charge in [-0.25, -0.2) is 4.39 Å². The zero-order chi connectivity index (χ0) is 17.0. The van der Waals surface area contributed by atoms with E-state index in [-0.39, 0.29) is 27.3 Å². The van der Waals surface area contributed by atoms with E-state index in [1.54, 1.807) is 0 Å². The van der Waals surface area contributed by atoms with E-state index in [1.807, 2.05) is 0 Å². The van der Waals surface area contributed by atoms with Crippen molar-refractivity contribution in [1.82, 2.24) is 0 Å². The van der Waals surface area contributed by atoms with Gasteiger partial charge in [-0.1, -0.05) is 11.6 Å². The average Bonchev–Trinajstić information content (AvgIpc) is 2.50. The molecule has 0 aliphatic carbocycles. The third-order valence-corrected chi connectivity index (χ3v) is 3.26. The molecule has 0 heterocycles. The van der Waals surface area contributed by atoms with Crippen molar-refractivity contribution in [3.63, 3.8) is 0 Å². The third-order valence-electron chi connectivity index (χ3n) is 2.82. The van der Waals surface area contributed by atoms with E-state index < -0.39 is 10.7 Å². The number of methoxy groups -OCH3 is 1. The molecule has 0 saturated heterocycles. The van der Waals surface area contributed by atoms with Crippen LogP contribution in [0.15, 0.2) is 36.4 Å². The lowest BCUT2D eigenvalue weighted by Gasteiger charge is -2.13. The zero-order valence-electron chi connectivity index (χ0n) is 11.8. The number of benzene rings is 2. The first kappa shape index (κ1) is 16.9. The number of ether oxygens (including phenoxy) is 1. The van der Waals surface area contributed by atoms with Crippen LogP contribution in [-0.2, 0) is 0 Å². The fourth-order valence-corrected chi connectivity index (χ4v) is 2.14. The molecule has 0 radical (unpaired) electrons. The predicted octanol–water partition coefficient (Wildman–Crippen LogP) is 4.20. The van der Waals surface area contributed by atoms with E-state index in [9.17, 15) is 14.5 Å². The lowest BCUT2D eigenvalue weighted by Crippen LogP contribution is -2.20. The molecule has 0 amide bonds. The summed E-state index contributed by atoms with van der Waals surface area (Å²) in [7, 11) is 1.37. The molecule has 0 fully saturated rings. The van der Waals surface area contributed by atoms with Gasteiger partial charge in [0.25, 0.3) is 5.69 Å². The van der Waals surface area contributed by atoms with Gasteiger partial charge in [0.05, 0.1) is 29.5 Å². The van der Waals surface area contributed by atoms with Crippen molar-refractivity contribution in [2.24, 2.45) is 0 Å². The predicted molar refractivity (Wildman–Crippen MR) is 90.9 cm³/mol. The van der Waals surface area contributed by atoms with Crippen molar-refractivity contribution in [2.45, 2.75) is 0 Å². The van der Waals surface area contributed by atoms with E-state index in [0.29, 0.717) is 5.69 Å². The van der Waals surface area contributed by atoms with Crippen LogP contribution >= 0.6 is 23.8 Å². The number of rotatable bonds is 4. The molecule has 23 heavy (non-hydrogen) atoms. The molecule has 0 bridgehead atoms. The smallest absolute Gasteiger partial charge is 0.273 e. The van der Waals surface area contributed by atoms with Crippen molar-refractivity contribution < 1.29 is 14.1 Å². The monoisotopic (exact) mass is 355 g/mol. The summed E-state index contributed by atoms with van der Waals surface area (Å²) in [5.41, 5.74) is 0.438. The maximum absolute atomic E-state index is 13.7. The lowest BCUT2D eigenvalue weighted by molar-refractivity contribution is -0.384. The molecule has 0 saturated carbocycles. The van der Waals surface area contributed by atoms with Crippen LogP contribution in [0.2, 0.25) is 5.02 Å². The van der Waals surface area contributed by atoms with Gasteiger partial charge in [0, 0.05) is 11.1 Å². The molecule has 9 heteroatoms. The van der Waals surface area contributed by atoms with Crippen LogP contribution in [0.25, 0.3) is 0 Å². The van der Waals surface area contributed by atoms with Gasteiger partial charge in [0.1, 0.15) is 11.6 Å². The summed E-state index contributed by atoms with van der Waals surface area (Å²) in [5, 5.41) is 16.6. The summed E-state index contributed by atoms with van der Waals surface area (Å²) < 4.78 is 18.8. The molecule has 0 aliphatic rings. The van der Waals surface area contributed by atoms with E-state index in [0.717, 1.165) is 6.07 Å². The topological polar surface area (TPSA) is 76.4 Å². The Hall–Kier alpha value is -2.45. The molecule has 0 aromatic heterocycles. The second-order valence-electron chi connectivity index (χ2n) is 4.34. The fourth-order valence-electron chi connectivity index (χ4n) is 1.76. The zero-order valence-corrected chi connectivity index (χ0v) is 13.4. The van der Waals surface area contributed by atoms with Gasteiger partial charge in [-0.3, -0.25) is 10.1 Å². The van der Waals surface area contributed by atoms with Crippen molar-refractivity contribution >= 4 is 46.0 Å². The SMILES string of the molecule is COc1cc([N+](=O)[O-])ccc1NC(=S)Nc1ccc(Cl)cc1F. The number of nitro groups is 1. The maximum Gasteiger partial charge on any atom is 0.273 e. The summed E-state index contributed by atoms with van der Waals surface area (Å²) >= 11 is 10.8. The average molecular weight is 356 g/mol. The molecule has 120 valence electrons. The minimum atomic E-state index is -0.558. The number of anilines is 2. The molecular formula is C14H11ClFN3O3S. The Kier molecular flexibility index (Phi) is 5.30. The summed E-state index contributed by atoms with van der Waals surface area (Å²) in [4.78, 5) is 10.2. The largest absolute Gasteiger partial charge is 0.494 e. The molecule has 0 aliphatic heterocycles. The molecule has 0 spiro atoms. The van der Waals surface area contributed by atoms with Crippen LogP contribution in [0.5, 0.6) is 5.75 Å². The third kappa shape index (κ3) is 4.27. The summed E-state index contributed by atoms with van der Waals surface area (Å²) in [5.74, 6) is -0.322. The number of nitrogens with one attached hydrogen (secondary N) is 2. The Balaban J connectivity index is 2.15. The minimum Gasteiger partial charge on any atom is -0.494 e. The summed E-state index contributed by atoms with van der Waals surface area (Å²) in [6.45, 7) is 0. The first-order chi connectivity index (χ1) is 10.9. The molecule has 0 atom stereocenters. The number of non-ortho nitro benzene ring substituents is 1. The van der Waals surface area contributed by atoms with Crippen molar-refractivity contribution in [3.05, 3.63) is 57.4 Å². The molecule has 2 rings (SSSR count). The lowest BCUT2D eigenvalue weighted by atomic mass is 10.2. The Morgan fingerprint density at radius 2 is 1.91 bits per heavy atom. The molecule has 2 aromatic carbocycles. The Labute approximate surface area is 141 Å². The highest BCUT2D eigenvalue weighted by atomic mass is 35.5. The normalized spacial score (nSPS) is 10.0. The first-order valence-electron chi connectivity index (χ1n) is 6.26.